The van der Waals surface area contributed by atoms with Gasteiger partial charge in [0.05, 0.1) is 19.8 Å². The Bertz CT molecular complexity index is 745. The predicted molar refractivity (Wildman–Crippen MR) is 94.0 cm³/mol. The Hall–Kier alpha value is -2.53. The van der Waals surface area contributed by atoms with Crippen LogP contribution in [-0.4, -0.2) is 45.2 Å². The van der Waals surface area contributed by atoms with Crippen molar-refractivity contribution in [2.24, 2.45) is 0 Å². The molecule has 3 rings (SSSR count). The third kappa shape index (κ3) is 3.08. The maximum Gasteiger partial charge on any atom is 0.262 e. The number of fused-ring (bicyclic) bond motifs is 1. The number of para-hydroxylation sites is 1. The first-order valence-electron chi connectivity index (χ1n) is 7.94. The molecule has 126 valence electrons. The minimum Gasteiger partial charge on any atom is -0.497 e. The van der Waals surface area contributed by atoms with Crippen LogP contribution in [0.3, 0.4) is 0 Å². The van der Waals surface area contributed by atoms with Crippen molar-refractivity contribution in [3.8, 4) is 11.5 Å². The van der Waals surface area contributed by atoms with E-state index in [2.05, 4.69) is 18.0 Å². The number of anilines is 1. The highest BCUT2D eigenvalue weighted by Crippen LogP contribution is 2.30. The van der Waals surface area contributed by atoms with E-state index in [4.69, 9.17) is 9.47 Å². The van der Waals surface area contributed by atoms with Gasteiger partial charge in [0.25, 0.3) is 5.91 Å². The van der Waals surface area contributed by atoms with Gasteiger partial charge < -0.3 is 19.3 Å². The Kier molecular flexibility index (Phi) is 4.71. The van der Waals surface area contributed by atoms with Gasteiger partial charge in [0.2, 0.25) is 0 Å². The van der Waals surface area contributed by atoms with Crippen LogP contribution in [0.1, 0.15) is 15.9 Å². The average molecular weight is 326 g/mol. The molecule has 0 spiro atoms. The van der Waals surface area contributed by atoms with Crippen LogP contribution in [-0.2, 0) is 6.54 Å². The first kappa shape index (κ1) is 16.3. The summed E-state index contributed by atoms with van der Waals surface area (Å²) in [4.78, 5) is 17.2. The molecule has 2 aromatic rings. The molecule has 1 amide bonds. The molecular weight excluding hydrogens is 304 g/mol. The van der Waals surface area contributed by atoms with Crippen LogP contribution in [0.2, 0.25) is 0 Å². The SMILES string of the molecule is COc1ccc(C(=O)N2CCN(C)Cc3ccccc32)c(OC)c1. The molecule has 0 aliphatic carbocycles. The summed E-state index contributed by atoms with van der Waals surface area (Å²) in [5, 5.41) is 0. The van der Waals surface area contributed by atoms with E-state index in [0.29, 0.717) is 23.6 Å². The van der Waals surface area contributed by atoms with Gasteiger partial charge in [0, 0.05) is 31.4 Å². The molecule has 1 aliphatic rings. The lowest BCUT2D eigenvalue weighted by Gasteiger charge is -2.23. The summed E-state index contributed by atoms with van der Waals surface area (Å²) in [5.74, 6) is 1.13. The first-order valence-corrected chi connectivity index (χ1v) is 7.94. The molecule has 24 heavy (non-hydrogen) atoms. The molecule has 0 unspecified atom stereocenters. The van der Waals surface area contributed by atoms with Gasteiger partial charge in [-0.1, -0.05) is 18.2 Å². The van der Waals surface area contributed by atoms with Crippen molar-refractivity contribution in [3.63, 3.8) is 0 Å². The van der Waals surface area contributed by atoms with Crippen LogP contribution in [0.15, 0.2) is 42.5 Å². The number of hydrogen-bond acceptors (Lipinski definition) is 4. The normalized spacial score (nSPS) is 14.7. The molecule has 0 saturated heterocycles. The second-order valence-corrected chi connectivity index (χ2v) is 5.89. The molecule has 1 aliphatic heterocycles. The number of ether oxygens (including phenoxy) is 2. The molecule has 5 nitrogen and oxygen atoms in total. The van der Waals surface area contributed by atoms with Gasteiger partial charge in [-0.25, -0.2) is 0 Å². The quantitative estimate of drug-likeness (QED) is 0.870. The fraction of sp³-hybridized carbons (Fsp3) is 0.316. The van der Waals surface area contributed by atoms with Crippen LogP contribution < -0.4 is 14.4 Å². The second-order valence-electron chi connectivity index (χ2n) is 5.89. The van der Waals surface area contributed by atoms with E-state index in [-0.39, 0.29) is 5.91 Å². The van der Waals surface area contributed by atoms with Gasteiger partial charge >= 0.3 is 0 Å². The topological polar surface area (TPSA) is 42.0 Å². The summed E-state index contributed by atoms with van der Waals surface area (Å²) in [7, 11) is 5.23. The van der Waals surface area contributed by atoms with Crippen molar-refractivity contribution in [3.05, 3.63) is 53.6 Å². The van der Waals surface area contributed by atoms with E-state index in [1.165, 1.54) is 0 Å². The van der Waals surface area contributed by atoms with Crippen LogP contribution in [0.25, 0.3) is 0 Å². The number of benzene rings is 2. The van der Waals surface area contributed by atoms with Gasteiger partial charge in [-0.15, -0.1) is 0 Å². The highest BCUT2D eigenvalue weighted by Gasteiger charge is 2.25. The van der Waals surface area contributed by atoms with Crippen molar-refractivity contribution in [2.75, 3.05) is 39.3 Å². The minimum absolute atomic E-state index is 0.0581. The van der Waals surface area contributed by atoms with Gasteiger partial charge in [0.1, 0.15) is 11.5 Å². The third-order valence-corrected chi connectivity index (χ3v) is 4.31. The lowest BCUT2D eigenvalue weighted by Crippen LogP contribution is -2.35. The predicted octanol–water partition coefficient (Wildman–Crippen LogP) is 2.80. The maximum absolute atomic E-state index is 13.2. The maximum atomic E-state index is 13.2. The molecule has 0 fully saturated rings. The van der Waals surface area contributed by atoms with E-state index in [1.807, 2.05) is 23.1 Å². The lowest BCUT2D eigenvalue weighted by molar-refractivity contribution is 0.0983. The molecule has 0 radical (unpaired) electrons. The summed E-state index contributed by atoms with van der Waals surface area (Å²) >= 11 is 0. The fourth-order valence-electron chi connectivity index (χ4n) is 3.00. The van der Waals surface area contributed by atoms with E-state index < -0.39 is 0 Å². The molecule has 0 N–H and O–H groups in total. The second kappa shape index (κ2) is 6.93. The van der Waals surface area contributed by atoms with Crippen molar-refractivity contribution in [1.29, 1.82) is 0 Å². The fourth-order valence-corrected chi connectivity index (χ4v) is 3.00. The molecule has 0 atom stereocenters. The molecule has 1 heterocycles. The number of nitrogens with zero attached hydrogens (tertiary/aromatic N) is 2. The summed E-state index contributed by atoms with van der Waals surface area (Å²) < 4.78 is 10.6. The Labute approximate surface area is 142 Å². The highest BCUT2D eigenvalue weighted by atomic mass is 16.5. The highest BCUT2D eigenvalue weighted by molar-refractivity contribution is 6.08. The van der Waals surface area contributed by atoms with Gasteiger partial charge in [-0.2, -0.15) is 0 Å². The number of carbonyl (C=O) groups excluding carboxylic acids is 1. The summed E-state index contributed by atoms with van der Waals surface area (Å²) in [6.45, 7) is 2.29. The van der Waals surface area contributed by atoms with Crippen molar-refractivity contribution in [2.45, 2.75) is 6.54 Å². The third-order valence-electron chi connectivity index (χ3n) is 4.31. The first-order chi connectivity index (χ1) is 11.6. The molecule has 0 bridgehead atoms. The summed E-state index contributed by atoms with van der Waals surface area (Å²) in [6.07, 6.45) is 0. The average Bonchev–Trinajstić information content (AvgIpc) is 2.78. The number of rotatable bonds is 3. The molecule has 5 heteroatoms. The molecule has 0 saturated carbocycles. The number of likely N-dealkylation sites (N-methyl/N-ethyl adjacent to an activating group) is 1. The van der Waals surface area contributed by atoms with Crippen molar-refractivity contribution in [1.82, 2.24) is 4.90 Å². The lowest BCUT2D eigenvalue weighted by atomic mass is 10.1. The zero-order valence-electron chi connectivity index (χ0n) is 14.3. The number of amides is 1. The summed E-state index contributed by atoms with van der Waals surface area (Å²) in [6, 6.07) is 13.3. The van der Waals surface area contributed by atoms with E-state index in [0.717, 1.165) is 24.3 Å². The number of methoxy groups -OCH3 is 2. The zero-order chi connectivity index (χ0) is 17.1. The number of carbonyl (C=O) groups is 1. The molecule has 2 aromatic carbocycles. The minimum atomic E-state index is -0.0581. The summed E-state index contributed by atoms with van der Waals surface area (Å²) in [5.41, 5.74) is 2.65. The van der Waals surface area contributed by atoms with Crippen LogP contribution in [0.5, 0.6) is 11.5 Å². The van der Waals surface area contributed by atoms with Crippen molar-refractivity contribution >= 4 is 11.6 Å². The van der Waals surface area contributed by atoms with Gasteiger partial charge in [-0.05, 0) is 30.8 Å². The molecular formula is C19H22N2O3. The Morgan fingerprint density at radius 1 is 1.04 bits per heavy atom. The van der Waals surface area contributed by atoms with E-state index in [9.17, 15) is 4.79 Å². The Balaban J connectivity index is 2.01. The van der Waals surface area contributed by atoms with Gasteiger partial charge in [0.15, 0.2) is 0 Å². The van der Waals surface area contributed by atoms with E-state index in [1.54, 1.807) is 32.4 Å². The standard InChI is InChI=1S/C19H22N2O3/c1-20-10-11-21(17-7-5-4-6-14(17)13-20)19(22)16-9-8-15(23-2)12-18(16)24-3/h4-9,12H,10-11,13H2,1-3H3. The van der Waals surface area contributed by atoms with E-state index >= 15 is 0 Å². The number of hydrogen-bond donors (Lipinski definition) is 0. The largest absolute Gasteiger partial charge is 0.497 e. The Morgan fingerprint density at radius 3 is 2.58 bits per heavy atom. The smallest absolute Gasteiger partial charge is 0.262 e. The van der Waals surface area contributed by atoms with Crippen LogP contribution in [0.4, 0.5) is 5.69 Å². The van der Waals surface area contributed by atoms with Crippen LogP contribution in [0, 0.1) is 0 Å². The monoisotopic (exact) mass is 326 g/mol. The van der Waals surface area contributed by atoms with Crippen LogP contribution >= 0.6 is 0 Å². The van der Waals surface area contributed by atoms with Gasteiger partial charge in [-0.3, -0.25) is 4.79 Å². The van der Waals surface area contributed by atoms with Crippen molar-refractivity contribution < 1.29 is 14.3 Å². The molecule has 0 aromatic heterocycles. The Morgan fingerprint density at radius 2 is 1.83 bits per heavy atom. The zero-order valence-corrected chi connectivity index (χ0v) is 14.3.